The zero-order chi connectivity index (χ0) is 23.8. The van der Waals surface area contributed by atoms with Gasteiger partial charge in [0.1, 0.15) is 6.04 Å². The van der Waals surface area contributed by atoms with Crippen molar-refractivity contribution in [2.45, 2.75) is 45.6 Å². The highest BCUT2D eigenvalue weighted by Crippen LogP contribution is 2.39. The molecule has 5 rings (SSSR count). The van der Waals surface area contributed by atoms with Crippen LogP contribution in [0.3, 0.4) is 0 Å². The Labute approximate surface area is 207 Å². The van der Waals surface area contributed by atoms with Crippen LogP contribution >= 0.6 is 11.6 Å². The predicted molar refractivity (Wildman–Crippen MR) is 146 cm³/mol. The summed E-state index contributed by atoms with van der Waals surface area (Å²) in [5.41, 5.74) is 9.95. The van der Waals surface area contributed by atoms with Crippen LogP contribution in [0.15, 0.2) is 100.0 Å². The number of fused-ring (bicyclic) bond motifs is 3. The topological polar surface area (TPSA) is 24.7 Å². The highest BCUT2D eigenvalue weighted by molar-refractivity contribution is 6.57. The van der Waals surface area contributed by atoms with Gasteiger partial charge in [0, 0.05) is 16.2 Å². The predicted octanol–water partition coefficient (Wildman–Crippen LogP) is 8.59. The lowest BCUT2D eigenvalue weighted by Gasteiger charge is -2.25. The normalized spacial score (nSPS) is 19.1. The lowest BCUT2D eigenvalue weighted by atomic mass is 9.82. The molecule has 1 unspecified atom stereocenters. The van der Waals surface area contributed by atoms with Gasteiger partial charge in [-0.15, -0.1) is 0 Å². The summed E-state index contributed by atoms with van der Waals surface area (Å²) in [7, 11) is 0. The van der Waals surface area contributed by atoms with E-state index in [-0.39, 0.29) is 6.04 Å². The third kappa shape index (κ3) is 3.97. The molecule has 0 aliphatic heterocycles. The number of hydrogen-bond donors (Lipinski definition) is 0. The van der Waals surface area contributed by atoms with Crippen molar-refractivity contribution in [2.75, 3.05) is 0 Å². The fourth-order valence-electron chi connectivity index (χ4n) is 4.79. The molecule has 34 heavy (non-hydrogen) atoms. The van der Waals surface area contributed by atoms with Crippen LogP contribution in [0.5, 0.6) is 0 Å². The SMILES string of the molecule is CC(C)c1cccc(C(C)C)c1N=C1C(=NC2C=CC=C2Cl)c2ccccc2-c2ccccc21. The Bertz CT molecular complexity index is 1350. The molecule has 0 heterocycles. The maximum absolute atomic E-state index is 6.52. The Morgan fingerprint density at radius 1 is 0.676 bits per heavy atom. The third-order valence-corrected chi connectivity index (χ3v) is 6.89. The molecule has 0 fully saturated rings. The van der Waals surface area contributed by atoms with Gasteiger partial charge in [0.05, 0.1) is 17.1 Å². The fourth-order valence-corrected chi connectivity index (χ4v) is 4.98. The second-order valence-electron chi connectivity index (χ2n) is 9.51. The molecule has 0 amide bonds. The Kier molecular flexibility index (Phi) is 6.10. The molecule has 3 aromatic rings. The van der Waals surface area contributed by atoms with Crippen LogP contribution in [0.4, 0.5) is 5.69 Å². The maximum atomic E-state index is 6.52. The number of benzene rings is 3. The molecule has 0 bridgehead atoms. The maximum Gasteiger partial charge on any atom is 0.105 e. The van der Waals surface area contributed by atoms with Crippen molar-refractivity contribution in [3.05, 3.63) is 112 Å². The highest BCUT2D eigenvalue weighted by atomic mass is 35.5. The molecular formula is C31H29ClN2. The van der Waals surface area contributed by atoms with Gasteiger partial charge < -0.3 is 0 Å². The average molecular weight is 465 g/mol. The van der Waals surface area contributed by atoms with Gasteiger partial charge in [0.2, 0.25) is 0 Å². The highest BCUT2D eigenvalue weighted by Gasteiger charge is 2.29. The molecule has 0 saturated heterocycles. The Morgan fingerprint density at radius 2 is 1.21 bits per heavy atom. The van der Waals surface area contributed by atoms with Crippen molar-refractivity contribution < 1.29 is 0 Å². The van der Waals surface area contributed by atoms with Gasteiger partial charge >= 0.3 is 0 Å². The van der Waals surface area contributed by atoms with E-state index in [1.807, 2.05) is 18.2 Å². The molecule has 2 nitrogen and oxygen atoms in total. The van der Waals surface area contributed by atoms with Gasteiger partial charge in [0.15, 0.2) is 0 Å². The molecule has 170 valence electrons. The first kappa shape index (κ1) is 22.6. The van der Waals surface area contributed by atoms with Gasteiger partial charge in [-0.05, 0) is 40.2 Å². The van der Waals surface area contributed by atoms with Crippen LogP contribution in [0.25, 0.3) is 11.1 Å². The Morgan fingerprint density at radius 3 is 1.71 bits per heavy atom. The standard InChI is InChI=1S/C31H29ClN2/c1-19(2)21-15-9-16-22(20(3)4)29(21)34-31-26-14-8-6-12-24(26)23-11-5-7-13-25(23)30(31)33-28-18-10-17-27(28)32/h5-20,28H,1-4H3. The monoisotopic (exact) mass is 464 g/mol. The van der Waals surface area contributed by atoms with Crippen molar-refractivity contribution >= 4 is 28.7 Å². The van der Waals surface area contributed by atoms with Crippen molar-refractivity contribution in [3.8, 4) is 11.1 Å². The van der Waals surface area contributed by atoms with Gasteiger partial charge in [-0.3, -0.25) is 4.99 Å². The molecule has 3 heteroatoms. The van der Waals surface area contributed by atoms with E-state index in [2.05, 4.69) is 94.4 Å². The molecular weight excluding hydrogens is 436 g/mol. The summed E-state index contributed by atoms with van der Waals surface area (Å²) in [6.07, 6.45) is 5.93. The molecule has 0 N–H and O–H groups in total. The minimum atomic E-state index is -0.190. The number of rotatable bonds is 4. The van der Waals surface area contributed by atoms with Crippen LogP contribution in [0.2, 0.25) is 0 Å². The van der Waals surface area contributed by atoms with Crippen molar-refractivity contribution in [1.29, 1.82) is 0 Å². The lowest BCUT2D eigenvalue weighted by Crippen LogP contribution is -2.25. The summed E-state index contributed by atoms with van der Waals surface area (Å²) in [6.45, 7) is 8.93. The van der Waals surface area contributed by atoms with E-state index in [0.717, 1.165) is 33.3 Å². The number of allylic oxidation sites excluding steroid dienone is 2. The second kappa shape index (κ2) is 9.19. The summed E-state index contributed by atoms with van der Waals surface area (Å²) in [5, 5.41) is 0.730. The van der Waals surface area contributed by atoms with Crippen LogP contribution in [0.1, 0.15) is 61.8 Å². The zero-order valence-electron chi connectivity index (χ0n) is 20.1. The molecule has 0 radical (unpaired) electrons. The second-order valence-corrected chi connectivity index (χ2v) is 9.94. The number of aliphatic imine (C=N–C) groups is 2. The molecule has 2 aliphatic rings. The molecule has 3 aromatic carbocycles. The van der Waals surface area contributed by atoms with E-state index in [1.165, 1.54) is 22.3 Å². The fraction of sp³-hybridized carbons (Fsp3) is 0.226. The van der Waals surface area contributed by atoms with E-state index in [1.54, 1.807) is 0 Å². The summed E-state index contributed by atoms with van der Waals surface area (Å²) in [4.78, 5) is 10.6. The molecule has 0 saturated carbocycles. The molecule has 1 atom stereocenters. The summed E-state index contributed by atoms with van der Waals surface area (Å²) in [6, 6.07) is 23.4. The zero-order valence-corrected chi connectivity index (χ0v) is 20.8. The largest absolute Gasteiger partial charge is 0.269 e. The van der Waals surface area contributed by atoms with Gasteiger partial charge in [0.25, 0.3) is 0 Å². The Balaban J connectivity index is 1.84. The number of nitrogens with zero attached hydrogens (tertiary/aromatic N) is 2. The Hall–Kier alpha value is -3.23. The molecule has 0 aromatic heterocycles. The number of para-hydroxylation sites is 1. The quantitative estimate of drug-likeness (QED) is 0.369. The number of halogens is 1. The van der Waals surface area contributed by atoms with Crippen LogP contribution < -0.4 is 0 Å². The minimum absolute atomic E-state index is 0.190. The van der Waals surface area contributed by atoms with Crippen LogP contribution in [-0.4, -0.2) is 17.5 Å². The molecule has 0 spiro atoms. The van der Waals surface area contributed by atoms with Crippen molar-refractivity contribution in [1.82, 2.24) is 0 Å². The minimum Gasteiger partial charge on any atom is -0.269 e. The van der Waals surface area contributed by atoms with E-state index < -0.39 is 0 Å². The van der Waals surface area contributed by atoms with E-state index >= 15 is 0 Å². The van der Waals surface area contributed by atoms with Gasteiger partial charge in [-0.2, -0.15) is 0 Å². The smallest absolute Gasteiger partial charge is 0.105 e. The summed E-state index contributed by atoms with van der Waals surface area (Å²) >= 11 is 6.52. The van der Waals surface area contributed by atoms with E-state index in [4.69, 9.17) is 21.6 Å². The van der Waals surface area contributed by atoms with Crippen LogP contribution in [-0.2, 0) is 0 Å². The summed E-state index contributed by atoms with van der Waals surface area (Å²) in [5.74, 6) is 0.722. The van der Waals surface area contributed by atoms with Crippen LogP contribution in [0, 0.1) is 0 Å². The van der Waals surface area contributed by atoms with Crippen molar-refractivity contribution in [3.63, 3.8) is 0 Å². The first-order valence-corrected chi connectivity index (χ1v) is 12.4. The first-order chi connectivity index (χ1) is 16.5. The average Bonchev–Trinajstić information content (AvgIpc) is 3.25. The first-order valence-electron chi connectivity index (χ1n) is 12.0. The van der Waals surface area contributed by atoms with Gasteiger partial charge in [-0.25, -0.2) is 4.99 Å². The summed E-state index contributed by atoms with van der Waals surface area (Å²) < 4.78 is 0. The lowest BCUT2D eigenvalue weighted by molar-refractivity contribution is 0.835. The molecule has 2 aliphatic carbocycles. The van der Waals surface area contributed by atoms with Crippen molar-refractivity contribution in [2.24, 2.45) is 9.98 Å². The third-order valence-electron chi connectivity index (χ3n) is 6.54. The van der Waals surface area contributed by atoms with E-state index in [9.17, 15) is 0 Å². The van der Waals surface area contributed by atoms with Gasteiger partial charge in [-0.1, -0.05) is 118 Å². The number of hydrogen-bond acceptors (Lipinski definition) is 2. The van der Waals surface area contributed by atoms with E-state index in [0.29, 0.717) is 11.8 Å².